The van der Waals surface area contributed by atoms with Gasteiger partial charge in [-0.2, -0.15) is 5.26 Å². The maximum atomic E-state index is 12.4. The van der Waals surface area contributed by atoms with Crippen LogP contribution >= 0.6 is 0 Å². The van der Waals surface area contributed by atoms with Crippen molar-refractivity contribution in [1.29, 1.82) is 5.26 Å². The quantitative estimate of drug-likeness (QED) is 0.896. The van der Waals surface area contributed by atoms with E-state index in [-0.39, 0.29) is 22.4 Å². The second kappa shape index (κ2) is 6.24. The van der Waals surface area contributed by atoms with Gasteiger partial charge in [0.2, 0.25) is 15.9 Å². The molecule has 1 aliphatic rings. The van der Waals surface area contributed by atoms with E-state index in [1.54, 1.807) is 17.0 Å². The highest BCUT2D eigenvalue weighted by Crippen LogP contribution is 2.17. The Kier molecular flexibility index (Phi) is 4.60. The fraction of sp³-hybridized carbons (Fsp3) is 0.429. The minimum absolute atomic E-state index is 0.0209. The molecule has 7 heteroatoms. The average Bonchev–Trinajstić information content (AvgIpc) is 2.47. The number of nitrogens with zero attached hydrogens (tertiary/aromatic N) is 2. The number of hydrogen-bond acceptors (Lipinski definition) is 4. The van der Waals surface area contributed by atoms with E-state index in [9.17, 15) is 13.2 Å². The van der Waals surface area contributed by atoms with E-state index in [1.807, 2.05) is 6.07 Å². The Morgan fingerprint density at radius 1 is 1.43 bits per heavy atom. The molecular formula is C14H17N3O3S. The number of benzene rings is 1. The van der Waals surface area contributed by atoms with Gasteiger partial charge in [0.15, 0.2) is 0 Å². The first kappa shape index (κ1) is 15.5. The van der Waals surface area contributed by atoms with Crippen LogP contribution in [0, 0.1) is 11.3 Å². The van der Waals surface area contributed by atoms with Crippen molar-refractivity contribution in [2.75, 3.05) is 13.1 Å². The van der Waals surface area contributed by atoms with Gasteiger partial charge in [0.05, 0.1) is 10.5 Å². The molecule has 1 saturated heterocycles. The first-order chi connectivity index (χ1) is 9.94. The Morgan fingerprint density at radius 3 is 2.81 bits per heavy atom. The lowest BCUT2D eigenvalue weighted by atomic mass is 10.1. The third-order valence-corrected chi connectivity index (χ3v) is 5.06. The van der Waals surface area contributed by atoms with Crippen LogP contribution in [0.4, 0.5) is 0 Å². The Balaban J connectivity index is 2.18. The summed E-state index contributed by atoms with van der Waals surface area (Å²) in [5.41, 5.74) is 0.115. The van der Waals surface area contributed by atoms with Crippen molar-refractivity contribution < 1.29 is 13.2 Å². The topological polar surface area (TPSA) is 90.3 Å². The number of likely N-dealkylation sites (tertiary alicyclic amines) is 1. The minimum atomic E-state index is -3.76. The number of hydrogen-bond donors (Lipinski definition) is 1. The predicted molar refractivity (Wildman–Crippen MR) is 76.8 cm³/mol. The van der Waals surface area contributed by atoms with Crippen LogP contribution in [0.25, 0.3) is 0 Å². The van der Waals surface area contributed by atoms with E-state index in [0.29, 0.717) is 19.5 Å². The van der Waals surface area contributed by atoms with Crippen molar-refractivity contribution in [3.8, 4) is 6.07 Å². The normalized spacial score (nSPS) is 19.0. The lowest BCUT2D eigenvalue weighted by molar-refractivity contribution is -0.130. The monoisotopic (exact) mass is 307 g/mol. The predicted octanol–water partition coefficient (Wildman–Crippen LogP) is 0.847. The molecule has 0 aromatic heterocycles. The Morgan fingerprint density at radius 2 is 2.14 bits per heavy atom. The van der Waals surface area contributed by atoms with Gasteiger partial charge in [-0.1, -0.05) is 12.1 Å². The molecule has 1 aromatic carbocycles. The third kappa shape index (κ3) is 3.60. The van der Waals surface area contributed by atoms with Crippen LogP contribution < -0.4 is 4.72 Å². The maximum absolute atomic E-state index is 12.4. The summed E-state index contributed by atoms with van der Waals surface area (Å²) in [6, 6.07) is 7.64. The zero-order valence-electron chi connectivity index (χ0n) is 11.7. The van der Waals surface area contributed by atoms with Gasteiger partial charge in [-0.25, -0.2) is 13.1 Å². The molecule has 2 rings (SSSR count). The first-order valence-electron chi connectivity index (χ1n) is 6.71. The molecule has 1 aromatic rings. The molecule has 0 spiro atoms. The molecule has 21 heavy (non-hydrogen) atoms. The van der Waals surface area contributed by atoms with Gasteiger partial charge in [0.1, 0.15) is 6.07 Å². The van der Waals surface area contributed by atoms with Crippen LogP contribution in [0.15, 0.2) is 29.2 Å². The van der Waals surface area contributed by atoms with Crippen LogP contribution in [-0.2, 0) is 14.8 Å². The van der Waals surface area contributed by atoms with E-state index >= 15 is 0 Å². The zero-order valence-corrected chi connectivity index (χ0v) is 12.6. The summed E-state index contributed by atoms with van der Waals surface area (Å²) in [5.74, 6) is -0.0590. The summed E-state index contributed by atoms with van der Waals surface area (Å²) in [5, 5.41) is 9.01. The summed E-state index contributed by atoms with van der Waals surface area (Å²) in [6.45, 7) is 2.49. The van der Waals surface area contributed by atoms with Crippen molar-refractivity contribution in [1.82, 2.24) is 9.62 Å². The van der Waals surface area contributed by atoms with Crippen molar-refractivity contribution in [3.05, 3.63) is 29.8 Å². The number of sulfonamides is 1. The molecule has 1 heterocycles. The van der Waals surface area contributed by atoms with E-state index in [0.717, 1.165) is 6.42 Å². The second-order valence-electron chi connectivity index (χ2n) is 5.03. The summed E-state index contributed by atoms with van der Waals surface area (Å²) < 4.78 is 27.4. The summed E-state index contributed by atoms with van der Waals surface area (Å²) in [6.07, 6.45) is 1.43. The lowest BCUT2D eigenvalue weighted by Gasteiger charge is -2.32. The molecule has 1 atom stereocenters. The molecule has 0 radical (unpaired) electrons. The number of piperidine rings is 1. The minimum Gasteiger partial charge on any atom is -0.341 e. The third-order valence-electron chi connectivity index (χ3n) is 3.49. The van der Waals surface area contributed by atoms with Gasteiger partial charge in [0, 0.05) is 26.1 Å². The molecule has 1 aliphatic heterocycles. The van der Waals surface area contributed by atoms with Crippen molar-refractivity contribution in [2.45, 2.75) is 30.7 Å². The molecule has 0 saturated carbocycles. The van der Waals surface area contributed by atoms with E-state index in [4.69, 9.17) is 5.26 Å². The maximum Gasteiger partial charge on any atom is 0.242 e. The summed E-state index contributed by atoms with van der Waals surface area (Å²) in [7, 11) is -3.76. The average molecular weight is 307 g/mol. The lowest BCUT2D eigenvalue weighted by Crippen LogP contribution is -2.49. The highest BCUT2D eigenvalue weighted by molar-refractivity contribution is 7.89. The molecule has 6 nitrogen and oxygen atoms in total. The molecule has 1 fully saturated rings. The molecule has 0 bridgehead atoms. The molecule has 0 aliphatic carbocycles. The van der Waals surface area contributed by atoms with E-state index in [1.165, 1.54) is 19.1 Å². The largest absolute Gasteiger partial charge is 0.341 e. The van der Waals surface area contributed by atoms with Crippen LogP contribution in [0.3, 0.4) is 0 Å². The summed E-state index contributed by atoms with van der Waals surface area (Å²) in [4.78, 5) is 13.0. The molecule has 1 amide bonds. The summed E-state index contributed by atoms with van der Waals surface area (Å²) >= 11 is 0. The van der Waals surface area contributed by atoms with Crippen LogP contribution in [0.5, 0.6) is 0 Å². The van der Waals surface area contributed by atoms with Gasteiger partial charge in [0.25, 0.3) is 0 Å². The standard InChI is InChI=1S/C14H17N3O3S/c1-11(18)17-8-4-6-13(10-17)16-21(19,20)14-7-3-2-5-12(14)9-15/h2-3,5,7,13,16H,4,6,8,10H2,1H3/t13-/m1/s1. The number of nitriles is 1. The van der Waals surface area contributed by atoms with Crippen molar-refractivity contribution >= 4 is 15.9 Å². The number of carbonyl (C=O) groups excluding carboxylic acids is 1. The Hall–Kier alpha value is -1.91. The van der Waals surface area contributed by atoms with Crippen LogP contribution in [0.2, 0.25) is 0 Å². The fourth-order valence-electron chi connectivity index (χ4n) is 2.44. The number of amides is 1. The van der Waals surface area contributed by atoms with Gasteiger partial charge >= 0.3 is 0 Å². The van der Waals surface area contributed by atoms with Gasteiger partial charge < -0.3 is 4.90 Å². The number of rotatable bonds is 3. The molecule has 1 N–H and O–H groups in total. The smallest absolute Gasteiger partial charge is 0.242 e. The molecule has 112 valence electrons. The molecular weight excluding hydrogens is 290 g/mol. The number of nitrogens with one attached hydrogen (secondary N) is 1. The van der Waals surface area contributed by atoms with Gasteiger partial charge in [-0.15, -0.1) is 0 Å². The van der Waals surface area contributed by atoms with Crippen molar-refractivity contribution in [3.63, 3.8) is 0 Å². The highest BCUT2D eigenvalue weighted by Gasteiger charge is 2.27. The first-order valence-corrected chi connectivity index (χ1v) is 8.19. The Bertz CT molecular complexity index is 679. The van der Waals surface area contributed by atoms with Crippen LogP contribution in [0.1, 0.15) is 25.3 Å². The molecule has 0 unspecified atom stereocenters. The van der Waals surface area contributed by atoms with E-state index < -0.39 is 10.0 Å². The zero-order chi connectivity index (χ0) is 15.5. The fourth-order valence-corrected chi connectivity index (χ4v) is 3.85. The van der Waals surface area contributed by atoms with E-state index in [2.05, 4.69) is 4.72 Å². The SMILES string of the molecule is CC(=O)N1CCC[C@@H](NS(=O)(=O)c2ccccc2C#N)C1. The Labute approximate surface area is 124 Å². The van der Waals surface area contributed by atoms with Crippen molar-refractivity contribution in [2.24, 2.45) is 0 Å². The van der Waals surface area contributed by atoms with Gasteiger partial charge in [-0.05, 0) is 25.0 Å². The second-order valence-corrected chi connectivity index (χ2v) is 6.72. The highest BCUT2D eigenvalue weighted by atomic mass is 32.2. The number of carbonyl (C=O) groups is 1. The van der Waals surface area contributed by atoms with Gasteiger partial charge in [-0.3, -0.25) is 4.79 Å². The van der Waals surface area contributed by atoms with Crippen LogP contribution in [-0.4, -0.2) is 38.4 Å².